The highest BCUT2D eigenvalue weighted by Crippen LogP contribution is 2.25. The van der Waals surface area contributed by atoms with E-state index < -0.39 is 0 Å². The van der Waals surface area contributed by atoms with Crippen LogP contribution >= 0.6 is 11.8 Å². The molecule has 2 aromatic rings. The Bertz CT molecular complexity index is 481. The third kappa shape index (κ3) is 2.27. The van der Waals surface area contributed by atoms with Crippen LogP contribution in [0.25, 0.3) is 11.2 Å². The van der Waals surface area contributed by atoms with Crippen LogP contribution < -0.4 is 5.73 Å². The third-order valence-electron chi connectivity index (χ3n) is 2.47. The van der Waals surface area contributed by atoms with Gasteiger partial charge in [0.2, 0.25) is 5.95 Å². The van der Waals surface area contributed by atoms with Crippen LogP contribution in [0.5, 0.6) is 0 Å². The molecule has 0 aliphatic heterocycles. The van der Waals surface area contributed by atoms with Gasteiger partial charge in [0.25, 0.3) is 0 Å². The number of aromatic amines is 1. The van der Waals surface area contributed by atoms with Crippen LogP contribution in [-0.2, 0) is 0 Å². The fourth-order valence-corrected chi connectivity index (χ4v) is 2.40. The molecule has 3 N–H and O–H groups in total. The Hall–Kier alpha value is -1.30. The molecule has 2 heterocycles. The maximum Gasteiger partial charge on any atom is 0.223 e. The maximum atomic E-state index is 5.63. The third-order valence-corrected chi connectivity index (χ3v) is 3.78. The van der Waals surface area contributed by atoms with Gasteiger partial charge in [-0.05, 0) is 5.92 Å². The van der Waals surface area contributed by atoms with Gasteiger partial charge in [-0.1, -0.05) is 20.3 Å². The molecule has 0 radical (unpaired) electrons. The first-order chi connectivity index (χ1) is 7.70. The topological polar surface area (TPSA) is 80.5 Å². The standard InChI is InChI=1S/C10H15N5S/c1-3-6(2)4-16-9-7-8(13-5-12-7)14-10(11)15-9/h5-6H,3-4H2,1-2H3,(H3,11,12,13,14,15). The van der Waals surface area contributed by atoms with E-state index in [1.165, 1.54) is 6.42 Å². The second kappa shape index (κ2) is 4.69. The molecule has 0 saturated heterocycles. The Morgan fingerprint density at radius 3 is 3.06 bits per heavy atom. The Kier molecular flexibility index (Phi) is 3.28. The first-order valence-electron chi connectivity index (χ1n) is 5.30. The summed E-state index contributed by atoms with van der Waals surface area (Å²) in [4.78, 5) is 15.4. The highest BCUT2D eigenvalue weighted by Gasteiger charge is 2.10. The minimum absolute atomic E-state index is 0.284. The number of H-pyrrole nitrogens is 1. The summed E-state index contributed by atoms with van der Waals surface area (Å²) in [7, 11) is 0. The molecule has 1 atom stereocenters. The molecule has 0 amide bonds. The monoisotopic (exact) mass is 237 g/mol. The summed E-state index contributed by atoms with van der Waals surface area (Å²) in [6, 6.07) is 0. The van der Waals surface area contributed by atoms with Crippen molar-refractivity contribution in [2.24, 2.45) is 5.92 Å². The zero-order valence-corrected chi connectivity index (χ0v) is 10.2. The van der Waals surface area contributed by atoms with Gasteiger partial charge in [-0.2, -0.15) is 4.98 Å². The van der Waals surface area contributed by atoms with Gasteiger partial charge in [0.15, 0.2) is 5.65 Å². The molecule has 0 aromatic carbocycles. The Morgan fingerprint density at radius 1 is 1.50 bits per heavy atom. The van der Waals surface area contributed by atoms with Crippen molar-refractivity contribution < 1.29 is 0 Å². The number of aromatic nitrogens is 4. The molecule has 0 spiro atoms. The minimum Gasteiger partial charge on any atom is -0.368 e. The molecule has 6 heteroatoms. The predicted octanol–water partition coefficient (Wildman–Crippen LogP) is 2.07. The molecule has 0 fully saturated rings. The van der Waals surface area contributed by atoms with Gasteiger partial charge in [0.05, 0.1) is 6.33 Å². The maximum absolute atomic E-state index is 5.63. The number of anilines is 1. The molecular weight excluding hydrogens is 222 g/mol. The summed E-state index contributed by atoms with van der Waals surface area (Å²) in [5.41, 5.74) is 7.15. The Balaban J connectivity index is 2.25. The number of nitrogen functional groups attached to an aromatic ring is 1. The number of rotatable bonds is 4. The largest absolute Gasteiger partial charge is 0.368 e. The molecule has 1 unspecified atom stereocenters. The number of nitrogens with two attached hydrogens (primary N) is 1. The molecule has 0 aliphatic carbocycles. The quantitative estimate of drug-likeness (QED) is 0.628. The van der Waals surface area contributed by atoms with E-state index in [1.807, 2.05) is 0 Å². The molecule has 0 saturated carbocycles. The summed E-state index contributed by atoms with van der Waals surface area (Å²) in [6.45, 7) is 4.41. The highest BCUT2D eigenvalue weighted by molar-refractivity contribution is 7.99. The van der Waals surface area contributed by atoms with Gasteiger partial charge in [0.1, 0.15) is 10.5 Å². The summed E-state index contributed by atoms with van der Waals surface area (Å²) < 4.78 is 0. The number of thioether (sulfide) groups is 1. The molecule has 0 aliphatic rings. The lowest BCUT2D eigenvalue weighted by Crippen LogP contribution is -2.00. The van der Waals surface area contributed by atoms with Crippen LogP contribution in [0.1, 0.15) is 20.3 Å². The van der Waals surface area contributed by atoms with Crippen LogP contribution in [-0.4, -0.2) is 25.7 Å². The summed E-state index contributed by atoms with van der Waals surface area (Å²) >= 11 is 1.70. The fourth-order valence-electron chi connectivity index (χ4n) is 1.27. The van der Waals surface area contributed by atoms with E-state index in [2.05, 4.69) is 33.8 Å². The summed E-state index contributed by atoms with van der Waals surface area (Å²) in [5.74, 6) is 1.98. The minimum atomic E-state index is 0.284. The zero-order valence-electron chi connectivity index (χ0n) is 9.40. The van der Waals surface area contributed by atoms with Crippen molar-refractivity contribution in [1.29, 1.82) is 0 Å². The number of imidazole rings is 1. The van der Waals surface area contributed by atoms with Crippen molar-refractivity contribution in [3.63, 3.8) is 0 Å². The smallest absolute Gasteiger partial charge is 0.223 e. The molecule has 16 heavy (non-hydrogen) atoms. The van der Waals surface area contributed by atoms with E-state index >= 15 is 0 Å². The van der Waals surface area contributed by atoms with Crippen LogP contribution in [0, 0.1) is 5.92 Å². The van der Waals surface area contributed by atoms with Crippen LogP contribution in [0.2, 0.25) is 0 Å². The van der Waals surface area contributed by atoms with Crippen molar-refractivity contribution in [2.45, 2.75) is 25.3 Å². The van der Waals surface area contributed by atoms with Crippen molar-refractivity contribution in [3.8, 4) is 0 Å². The molecule has 2 rings (SSSR count). The number of nitrogens with one attached hydrogen (secondary N) is 1. The summed E-state index contributed by atoms with van der Waals surface area (Å²) in [6.07, 6.45) is 2.78. The van der Waals surface area contributed by atoms with Crippen LogP contribution in [0.4, 0.5) is 5.95 Å². The number of hydrogen-bond acceptors (Lipinski definition) is 5. The first kappa shape index (κ1) is 11.2. The van der Waals surface area contributed by atoms with Gasteiger partial charge < -0.3 is 10.7 Å². The zero-order chi connectivity index (χ0) is 11.5. The van der Waals surface area contributed by atoms with Gasteiger partial charge in [-0.15, -0.1) is 11.8 Å². The second-order valence-electron chi connectivity index (χ2n) is 3.81. The van der Waals surface area contributed by atoms with Gasteiger partial charge in [-0.25, -0.2) is 9.97 Å². The van der Waals surface area contributed by atoms with E-state index in [1.54, 1.807) is 18.1 Å². The Labute approximate surface area is 98.3 Å². The predicted molar refractivity (Wildman–Crippen MR) is 66.3 cm³/mol. The van der Waals surface area contributed by atoms with E-state index in [0.29, 0.717) is 11.6 Å². The van der Waals surface area contributed by atoms with Crippen molar-refractivity contribution in [1.82, 2.24) is 19.9 Å². The van der Waals surface area contributed by atoms with Crippen molar-refractivity contribution >= 4 is 28.9 Å². The summed E-state index contributed by atoms with van der Waals surface area (Å²) in [5, 5.41) is 0.889. The SMILES string of the molecule is CCC(C)CSc1nc(N)nc2nc[nH]c12. The van der Waals surface area contributed by atoms with E-state index in [-0.39, 0.29) is 5.95 Å². The van der Waals surface area contributed by atoms with Crippen LogP contribution in [0.3, 0.4) is 0 Å². The lowest BCUT2D eigenvalue weighted by Gasteiger charge is -2.07. The fraction of sp³-hybridized carbons (Fsp3) is 0.500. The molecule has 0 bridgehead atoms. The van der Waals surface area contributed by atoms with E-state index in [4.69, 9.17) is 5.73 Å². The number of fused-ring (bicyclic) bond motifs is 1. The van der Waals surface area contributed by atoms with Gasteiger partial charge >= 0.3 is 0 Å². The molecule has 86 valence electrons. The molecule has 2 aromatic heterocycles. The van der Waals surface area contributed by atoms with Gasteiger partial charge in [-0.3, -0.25) is 0 Å². The normalized spacial score (nSPS) is 13.1. The second-order valence-corrected chi connectivity index (χ2v) is 4.82. The number of nitrogens with zero attached hydrogens (tertiary/aromatic N) is 3. The lowest BCUT2D eigenvalue weighted by molar-refractivity contribution is 0.636. The van der Waals surface area contributed by atoms with E-state index in [9.17, 15) is 0 Å². The molecular formula is C10H15N5S. The Morgan fingerprint density at radius 2 is 2.31 bits per heavy atom. The average molecular weight is 237 g/mol. The average Bonchev–Trinajstić information content (AvgIpc) is 2.73. The number of hydrogen-bond donors (Lipinski definition) is 2. The highest BCUT2D eigenvalue weighted by atomic mass is 32.2. The lowest BCUT2D eigenvalue weighted by atomic mass is 10.2. The molecule has 5 nitrogen and oxygen atoms in total. The van der Waals surface area contributed by atoms with Crippen LogP contribution in [0.15, 0.2) is 11.4 Å². The van der Waals surface area contributed by atoms with Gasteiger partial charge in [0, 0.05) is 5.75 Å². The van der Waals surface area contributed by atoms with Crippen molar-refractivity contribution in [3.05, 3.63) is 6.33 Å². The van der Waals surface area contributed by atoms with Crippen molar-refractivity contribution in [2.75, 3.05) is 11.5 Å². The van der Waals surface area contributed by atoms with E-state index in [0.717, 1.165) is 16.3 Å². The first-order valence-corrected chi connectivity index (χ1v) is 6.28.